The van der Waals surface area contributed by atoms with Crippen LogP contribution in [0, 0.1) is 11.8 Å². The van der Waals surface area contributed by atoms with E-state index in [-0.39, 0.29) is 0 Å². The third-order valence-corrected chi connectivity index (χ3v) is 2.50. The van der Waals surface area contributed by atoms with Crippen LogP contribution in [0.25, 0.3) is 0 Å². The van der Waals surface area contributed by atoms with Crippen LogP contribution in [0.1, 0.15) is 47.0 Å². The van der Waals surface area contributed by atoms with Crippen LogP contribution in [-0.4, -0.2) is 13.1 Å². The Labute approximate surface area is 77.9 Å². The second-order valence-corrected chi connectivity index (χ2v) is 4.29. The molecule has 2 unspecified atom stereocenters. The van der Waals surface area contributed by atoms with Gasteiger partial charge in [-0.05, 0) is 31.7 Å². The van der Waals surface area contributed by atoms with E-state index in [1.54, 1.807) is 0 Å². The third-order valence-electron chi connectivity index (χ3n) is 2.50. The number of hydrogen-bond donors (Lipinski definition) is 1. The molecular weight excluding hydrogens is 146 g/mol. The molecule has 0 amide bonds. The summed E-state index contributed by atoms with van der Waals surface area (Å²) in [7, 11) is 2.08. The van der Waals surface area contributed by atoms with Crippen molar-refractivity contribution in [2.24, 2.45) is 11.8 Å². The van der Waals surface area contributed by atoms with E-state index >= 15 is 0 Å². The Morgan fingerprint density at radius 1 is 1.17 bits per heavy atom. The summed E-state index contributed by atoms with van der Waals surface area (Å²) in [5.74, 6) is 1.64. The SMILES string of the molecule is CCCC(NC)C(C)CC(C)C. The summed E-state index contributed by atoms with van der Waals surface area (Å²) >= 11 is 0. The molecule has 0 spiro atoms. The first kappa shape index (κ1) is 12.0. The van der Waals surface area contributed by atoms with Crippen molar-refractivity contribution in [2.45, 2.75) is 53.0 Å². The fourth-order valence-electron chi connectivity index (χ4n) is 1.93. The lowest BCUT2D eigenvalue weighted by molar-refractivity contribution is 0.321. The third kappa shape index (κ3) is 4.76. The standard InChI is InChI=1S/C11H25N/c1-6-7-11(12-5)10(4)8-9(2)3/h9-12H,6-8H2,1-5H3. The molecule has 0 radical (unpaired) electrons. The van der Waals surface area contributed by atoms with Gasteiger partial charge in [0.1, 0.15) is 0 Å². The molecular formula is C11H25N. The van der Waals surface area contributed by atoms with Crippen molar-refractivity contribution < 1.29 is 0 Å². The molecule has 0 heterocycles. The maximum atomic E-state index is 3.41. The minimum absolute atomic E-state index is 0.720. The van der Waals surface area contributed by atoms with E-state index in [2.05, 4.69) is 40.1 Å². The van der Waals surface area contributed by atoms with Gasteiger partial charge in [-0.3, -0.25) is 0 Å². The first-order valence-electron chi connectivity index (χ1n) is 5.29. The summed E-state index contributed by atoms with van der Waals surface area (Å²) in [5, 5.41) is 3.41. The van der Waals surface area contributed by atoms with Gasteiger partial charge in [0.15, 0.2) is 0 Å². The Bertz CT molecular complexity index is 99.2. The predicted octanol–water partition coefficient (Wildman–Crippen LogP) is 3.06. The highest BCUT2D eigenvalue weighted by molar-refractivity contribution is 4.72. The molecule has 0 aromatic heterocycles. The molecule has 1 nitrogen and oxygen atoms in total. The van der Waals surface area contributed by atoms with E-state index < -0.39 is 0 Å². The molecule has 0 saturated carbocycles. The Morgan fingerprint density at radius 2 is 1.75 bits per heavy atom. The second kappa shape index (κ2) is 6.47. The molecule has 0 aliphatic rings. The van der Waals surface area contributed by atoms with Crippen molar-refractivity contribution >= 4 is 0 Å². The van der Waals surface area contributed by atoms with E-state index in [0.29, 0.717) is 0 Å². The van der Waals surface area contributed by atoms with Crippen molar-refractivity contribution in [1.82, 2.24) is 5.32 Å². The summed E-state index contributed by atoms with van der Waals surface area (Å²) in [6, 6.07) is 0.720. The van der Waals surface area contributed by atoms with Crippen LogP contribution in [0.3, 0.4) is 0 Å². The van der Waals surface area contributed by atoms with Crippen LogP contribution in [0.15, 0.2) is 0 Å². The molecule has 2 atom stereocenters. The zero-order valence-electron chi connectivity index (χ0n) is 9.35. The van der Waals surface area contributed by atoms with E-state index in [1.165, 1.54) is 19.3 Å². The lowest BCUT2D eigenvalue weighted by Crippen LogP contribution is -2.32. The smallest absolute Gasteiger partial charge is 0.00896 e. The number of nitrogens with one attached hydrogen (secondary N) is 1. The maximum absolute atomic E-state index is 3.41. The fourth-order valence-corrected chi connectivity index (χ4v) is 1.93. The summed E-state index contributed by atoms with van der Waals surface area (Å²) in [6.07, 6.45) is 3.93. The minimum Gasteiger partial charge on any atom is -0.317 e. The first-order chi connectivity index (χ1) is 5.61. The van der Waals surface area contributed by atoms with Crippen LogP contribution in [0.2, 0.25) is 0 Å². The van der Waals surface area contributed by atoms with Crippen molar-refractivity contribution in [3.63, 3.8) is 0 Å². The van der Waals surface area contributed by atoms with Gasteiger partial charge in [0.2, 0.25) is 0 Å². The largest absolute Gasteiger partial charge is 0.317 e. The maximum Gasteiger partial charge on any atom is 0.00896 e. The molecule has 1 N–H and O–H groups in total. The van der Waals surface area contributed by atoms with Gasteiger partial charge >= 0.3 is 0 Å². The molecule has 0 saturated heterocycles. The van der Waals surface area contributed by atoms with Crippen molar-refractivity contribution in [3.8, 4) is 0 Å². The van der Waals surface area contributed by atoms with Crippen molar-refractivity contribution in [2.75, 3.05) is 7.05 Å². The number of rotatable bonds is 6. The zero-order valence-corrected chi connectivity index (χ0v) is 9.35. The quantitative estimate of drug-likeness (QED) is 0.647. The minimum atomic E-state index is 0.720. The van der Waals surface area contributed by atoms with Gasteiger partial charge in [0.05, 0.1) is 0 Å². The van der Waals surface area contributed by atoms with E-state index in [1.807, 2.05) is 0 Å². The van der Waals surface area contributed by atoms with Gasteiger partial charge in [-0.2, -0.15) is 0 Å². The lowest BCUT2D eigenvalue weighted by Gasteiger charge is -2.24. The van der Waals surface area contributed by atoms with Gasteiger partial charge in [-0.25, -0.2) is 0 Å². The molecule has 0 bridgehead atoms. The normalized spacial score (nSPS) is 16.5. The Hall–Kier alpha value is -0.0400. The first-order valence-corrected chi connectivity index (χ1v) is 5.29. The van der Waals surface area contributed by atoms with Crippen LogP contribution in [0.5, 0.6) is 0 Å². The molecule has 0 aromatic rings. The summed E-state index contributed by atoms with van der Waals surface area (Å²) in [6.45, 7) is 9.22. The Morgan fingerprint density at radius 3 is 2.08 bits per heavy atom. The van der Waals surface area contributed by atoms with Crippen LogP contribution >= 0.6 is 0 Å². The second-order valence-electron chi connectivity index (χ2n) is 4.29. The van der Waals surface area contributed by atoms with Gasteiger partial charge in [0.25, 0.3) is 0 Å². The van der Waals surface area contributed by atoms with Gasteiger partial charge in [0, 0.05) is 6.04 Å². The number of hydrogen-bond acceptors (Lipinski definition) is 1. The molecule has 0 rings (SSSR count). The highest BCUT2D eigenvalue weighted by Gasteiger charge is 2.14. The lowest BCUT2D eigenvalue weighted by atomic mass is 9.90. The van der Waals surface area contributed by atoms with Crippen molar-refractivity contribution in [1.29, 1.82) is 0 Å². The Kier molecular flexibility index (Phi) is 6.45. The molecule has 74 valence electrons. The van der Waals surface area contributed by atoms with Gasteiger partial charge in [-0.1, -0.05) is 34.1 Å². The zero-order chi connectivity index (χ0) is 9.56. The van der Waals surface area contributed by atoms with E-state index in [0.717, 1.165) is 17.9 Å². The monoisotopic (exact) mass is 171 g/mol. The average molecular weight is 171 g/mol. The van der Waals surface area contributed by atoms with Crippen LogP contribution in [-0.2, 0) is 0 Å². The van der Waals surface area contributed by atoms with E-state index in [9.17, 15) is 0 Å². The van der Waals surface area contributed by atoms with Gasteiger partial charge < -0.3 is 5.32 Å². The topological polar surface area (TPSA) is 12.0 Å². The Balaban J connectivity index is 3.76. The molecule has 0 fully saturated rings. The summed E-state index contributed by atoms with van der Waals surface area (Å²) in [4.78, 5) is 0. The van der Waals surface area contributed by atoms with Crippen molar-refractivity contribution in [3.05, 3.63) is 0 Å². The summed E-state index contributed by atoms with van der Waals surface area (Å²) in [5.41, 5.74) is 0. The highest BCUT2D eigenvalue weighted by atomic mass is 14.9. The highest BCUT2D eigenvalue weighted by Crippen LogP contribution is 2.17. The van der Waals surface area contributed by atoms with Crippen LogP contribution in [0.4, 0.5) is 0 Å². The average Bonchev–Trinajstić information content (AvgIpc) is 1.98. The molecule has 0 aliphatic heterocycles. The fraction of sp³-hybridized carbons (Fsp3) is 1.00. The molecule has 1 heteroatoms. The molecule has 12 heavy (non-hydrogen) atoms. The summed E-state index contributed by atoms with van der Waals surface area (Å²) < 4.78 is 0. The molecule has 0 aromatic carbocycles. The van der Waals surface area contributed by atoms with Crippen LogP contribution < -0.4 is 5.32 Å². The van der Waals surface area contributed by atoms with Gasteiger partial charge in [-0.15, -0.1) is 0 Å². The van der Waals surface area contributed by atoms with E-state index in [4.69, 9.17) is 0 Å². The predicted molar refractivity (Wildman–Crippen MR) is 56.4 cm³/mol. The molecule has 0 aliphatic carbocycles.